The van der Waals surface area contributed by atoms with Crippen molar-refractivity contribution in [2.24, 2.45) is 28.6 Å². The van der Waals surface area contributed by atoms with Gasteiger partial charge in [-0.3, -0.25) is 9.59 Å². The molecule has 43 heavy (non-hydrogen) atoms. The van der Waals surface area contributed by atoms with Crippen LogP contribution in [0.5, 0.6) is 0 Å². The fraction of sp³-hybridized carbons (Fsp3) is 0.486. The number of Topliss-reactive ketones (excluding diaryl/α,β-unsaturated/α-hetero) is 1. The standard InChI is InChI=1S/C35H39NO6S/c1-33-12-11-24(38)14-22(33)9-10-26-27-16-30-35(29(40)18-37,34(27,2)17-28(39)31(26)33)42-32(41-30)21-6-3-5-20(13-21)19-43-25-8-4-7-23(36)15-25/h3-8,11-15,26-28,30-32,37,39H,9-10,16-19,36H2,1-2H3/t26-,27-,28-,30+,31+,32+,33-,34-,35+/m0/s1. The Balaban J connectivity index is 1.17. The first kappa shape index (κ1) is 29.0. The highest BCUT2D eigenvalue weighted by atomic mass is 32.2. The molecular formula is C35H39NO6S. The maximum atomic E-state index is 13.8. The highest BCUT2D eigenvalue weighted by molar-refractivity contribution is 7.98. The fourth-order valence-electron chi connectivity index (χ4n) is 9.43. The molecule has 0 unspecified atom stereocenters. The number of thioether (sulfide) groups is 1. The molecule has 2 aromatic carbocycles. The number of allylic oxidation sites excluding steroid dienone is 4. The molecule has 5 aliphatic rings. The number of anilines is 1. The molecule has 0 aromatic heterocycles. The molecule has 226 valence electrons. The van der Waals surface area contributed by atoms with Crippen LogP contribution < -0.4 is 5.73 Å². The molecular weight excluding hydrogens is 562 g/mol. The molecule has 0 spiro atoms. The Bertz CT molecular complexity index is 1540. The second-order valence-corrected chi connectivity index (χ2v) is 14.5. The highest BCUT2D eigenvalue weighted by Gasteiger charge is 2.75. The van der Waals surface area contributed by atoms with E-state index in [2.05, 4.69) is 26.0 Å². The first-order chi connectivity index (χ1) is 20.6. The van der Waals surface area contributed by atoms with Crippen molar-refractivity contribution < 1.29 is 29.3 Å². The minimum atomic E-state index is -1.36. The van der Waals surface area contributed by atoms with Gasteiger partial charge in [-0.2, -0.15) is 0 Å². The molecule has 4 aliphatic carbocycles. The Hall–Kier alpha value is -2.75. The van der Waals surface area contributed by atoms with Crippen molar-refractivity contribution in [2.45, 2.75) is 74.3 Å². The summed E-state index contributed by atoms with van der Waals surface area (Å²) < 4.78 is 13.4. The molecule has 4 fully saturated rings. The summed E-state index contributed by atoms with van der Waals surface area (Å²) in [5.41, 5.74) is 7.20. The van der Waals surface area contributed by atoms with E-state index in [1.54, 1.807) is 23.9 Å². The maximum Gasteiger partial charge on any atom is 0.193 e. The lowest BCUT2D eigenvalue weighted by Crippen LogP contribution is -2.63. The van der Waals surface area contributed by atoms with Crippen molar-refractivity contribution in [3.8, 4) is 0 Å². The first-order valence-electron chi connectivity index (χ1n) is 15.3. The minimum absolute atomic E-state index is 0.00391. The molecule has 4 N–H and O–H groups in total. The number of carbonyl (C=O) groups excluding carboxylic acids is 2. The van der Waals surface area contributed by atoms with E-state index >= 15 is 0 Å². The smallest absolute Gasteiger partial charge is 0.193 e. The number of ketones is 2. The largest absolute Gasteiger partial charge is 0.399 e. The SMILES string of the molecule is C[C@]12C=CC(=O)C=C1CC[C@@H]1[C@@H]2[C@@H](O)C[C@@]2(C)[C@H]1C[C@H]1O[C@@H](c3cccc(CSc4cccc(N)c4)c3)O[C@]12C(=O)CO. The topological polar surface area (TPSA) is 119 Å². The van der Waals surface area contributed by atoms with Crippen LogP contribution >= 0.6 is 11.8 Å². The second kappa shape index (κ2) is 10.4. The van der Waals surface area contributed by atoms with E-state index in [-0.39, 0.29) is 29.3 Å². The molecule has 0 bridgehead atoms. The Morgan fingerprint density at radius 1 is 1.16 bits per heavy atom. The zero-order valence-corrected chi connectivity index (χ0v) is 25.4. The van der Waals surface area contributed by atoms with E-state index in [0.717, 1.165) is 45.9 Å². The summed E-state index contributed by atoms with van der Waals surface area (Å²) in [6.45, 7) is 3.55. The van der Waals surface area contributed by atoms with Crippen molar-refractivity contribution in [3.05, 3.63) is 83.5 Å². The van der Waals surface area contributed by atoms with E-state index in [0.29, 0.717) is 12.8 Å². The van der Waals surface area contributed by atoms with Crippen LogP contribution in [0.2, 0.25) is 0 Å². The lowest BCUT2D eigenvalue weighted by atomic mass is 9.46. The van der Waals surface area contributed by atoms with Crippen molar-refractivity contribution in [2.75, 3.05) is 12.3 Å². The second-order valence-electron chi connectivity index (χ2n) is 13.4. The summed E-state index contributed by atoms with van der Waals surface area (Å²) in [6.07, 6.45) is 5.97. The molecule has 0 radical (unpaired) electrons. The van der Waals surface area contributed by atoms with E-state index in [9.17, 15) is 19.8 Å². The third-order valence-corrected chi connectivity index (χ3v) is 12.3. The lowest BCUT2D eigenvalue weighted by Gasteiger charge is -2.59. The minimum Gasteiger partial charge on any atom is -0.399 e. The van der Waals surface area contributed by atoms with Gasteiger partial charge in [-0.1, -0.05) is 49.8 Å². The van der Waals surface area contributed by atoms with E-state index in [4.69, 9.17) is 15.2 Å². The molecule has 1 heterocycles. The highest BCUT2D eigenvalue weighted by Crippen LogP contribution is 2.70. The van der Waals surface area contributed by atoms with Gasteiger partial charge in [-0.15, -0.1) is 11.8 Å². The number of nitrogens with two attached hydrogens (primary N) is 1. The summed E-state index contributed by atoms with van der Waals surface area (Å²) >= 11 is 1.69. The molecule has 1 saturated heterocycles. The number of rotatable bonds is 6. The number of aliphatic hydroxyl groups excluding tert-OH is 2. The summed E-state index contributed by atoms with van der Waals surface area (Å²) in [5, 5.41) is 22.1. The van der Waals surface area contributed by atoms with Gasteiger partial charge in [-0.25, -0.2) is 0 Å². The summed E-state index contributed by atoms with van der Waals surface area (Å²) in [4.78, 5) is 27.1. The Morgan fingerprint density at radius 3 is 2.77 bits per heavy atom. The Labute approximate surface area is 256 Å². The van der Waals surface area contributed by atoms with E-state index < -0.39 is 41.5 Å². The van der Waals surface area contributed by atoms with Crippen molar-refractivity contribution >= 4 is 29.0 Å². The molecule has 7 rings (SSSR count). The van der Waals surface area contributed by atoms with Crippen LogP contribution in [0.25, 0.3) is 0 Å². The Morgan fingerprint density at radius 2 is 1.98 bits per heavy atom. The van der Waals surface area contributed by atoms with Crippen molar-refractivity contribution in [1.29, 1.82) is 0 Å². The van der Waals surface area contributed by atoms with Crippen LogP contribution in [0, 0.1) is 28.6 Å². The number of aliphatic hydroxyl groups is 2. The van der Waals surface area contributed by atoms with Gasteiger partial charge in [-0.05, 0) is 79.5 Å². The van der Waals surface area contributed by atoms with Gasteiger partial charge < -0.3 is 25.4 Å². The fourth-order valence-corrected chi connectivity index (χ4v) is 10.3. The first-order valence-corrected chi connectivity index (χ1v) is 16.2. The van der Waals surface area contributed by atoms with Gasteiger partial charge in [0, 0.05) is 38.6 Å². The predicted molar refractivity (Wildman–Crippen MR) is 164 cm³/mol. The molecule has 0 amide bonds. The number of fused-ring (bicyclic) bond motifs is 7. The predicted octanol–water partition coefficient (Wildman–Crippen LogP) is 5.16. The van der Waals surface area contributed by atoms with Gasteiger partial charge in [0.05, 0.1) is 12.2 Å². The lowest BCUT2D eigenvalue weighted by molar-refractivity contribution is -0.201. The summed E-state index contributed by atoms with van der Waals surface area (Å²) in [5.74, 6) is 0.478. The number of hydrogen-bond donors (Lipinski definition) is 3. The Kier molecular flexibility index (Phi) is 7.02. The maximum absolute atomic E-state index is 13.8. The zero-order valence-electron chi connectivity index (χ0n) is 24.6. The van der Waals surface area contributed by atoms with Gasteiger partial charge in [0.15, 0.2) is 23.5 Å². The van der Waals surface area contributed by atoms with E-state index in [1.807, 2.05) is 42.5 Å². The van der Waals surface area contributed by atoms with Crippen molar-refractivity contribution in [3.63, 3.8) is 0 Å². The number of benzene rings is 2. The summed E-state index contributed by atoms with van der Waals surface area (Å²) in [6, 6.07) is 15.8. The third-order valence-electron chi connectivity index (χ3n) is 11.3. The van der Waals surface area contributed by atoms with Gasteiger partial charge >= 0.3 is 0 Å². The third kappa shape index (κ3) is 4.32. The van der Waals surface area contributed by atoms with Gasteiger partial charge in [0.2, 0.25) is 0 Å². The normalized spacial score (nSPS) is 39.4. The van der Waals surface area contributed by atoms with Crippen LogP contribution in [0.3, 0.4) is 0 Å². The van der Waals surface area contributed by atoms with Crippen molar-refractivity contribution in [1.82, 2.24) is 0 Å². The molecule has 8 heteroatoms. The quantitative estimate of drug-likeness (QED) is 0.307. The van der Waals surface area contributed by atoms with E-state index in [1.165, 1.54) is 0 Å². The summed E-state index contributed by atoms with van der Waals surface area (Å²) in [7, 11) is 0. The monoisotopic (exact) mass is 601 g/mol. The van der Waals surface area contributed by atoms with Crippen LogP contribution in [-0.4, -0.2) is 46.2 Å². The molecule has 3 saturated carbocycles. The van der Waals surface area contributed by atoms with Gasteiger partial charge in [0.25, 0.3) is 0 Å². The molecule has 7 nitrogen and oxygen atoms in total. The van der Waals surface area contributed by atoms with Crippen LogP contribution in [-0.2, 0) is 24.8 Å². The number of hydrogen-bond acceptors (Lipinski definition) is 8. The molecule has 2 aromatic rings. The number of nitrogen functional groups attached to an aromatic ring is 1. The molecule has 1 aliphatic heterocycles. The molecule has 9 atom stereocenters. The van der Waals surface area contributed by atoms with Crippen LogP contribution in [0.1, 0.15) is 56.9 Å². The number of carbonyl (C=O) groups is 2. The van der Waals surface area contributed by atoms with Crippen LogP contribution in [0.4, 0.5) is 5.69 Å². The number of ether oxygens (including phenoxy) is 2. The average molecular weight is 602 g/mol. The van der Waals surface area contributed by atoms with Crippen LogP contribution in [0.15, 0.2) is 77.2 Å². The zero-order chi connectivity index (χ0) is 30.1. The van der Waals surface area contributed by atoms with Gasteiger partial charge in [0.1, 0.15) is 6.61 Å². The average Bonchev–Trinajstić information content (AvgIpc) is 3.49.